The number of esters is 3. The molecule has 0 fully saturated rings. The van der Waals surface area contributed by atoms with Gasteiger partial charge in [0.05, 0.1) is 0 Å². The Labute approximate surface area is 479 Å². The normalized spacial score (nSPS) is 12.4. The summed E-state index contributed by atoms with van der Waals surface area (Å²) in [5.74, 6) is -0.898. The smallest absolute Gasteiger partial charge is 0.306 e. The van der Waals surface area contributed by atoms with Crippen molar-refractivity contribution in [3.8, 4) is 0 Å². The van der Waals surface area contributed by atoms with Gasteiger partial charge in [-0.05, 0) is 83.5 Å². The van der Waals surface area contributed by atoms with Crippen LogP contribution >= 0.6 is 0 Å². The molecule has 0 aliphatic carbocycles. The summed E-state index contributed by atoms with van der Waals surface area (Å²) in [5, 5.41) is 0. The van der Waals surface area contributed by atoms with Gasteiger partial charge in [0.15, 0.2) is 6.10 Å². The van der Waals surface area contributed by atoms with E-state index in [1.165, 1.54) is 225 Å². The molecule has 0 saturated carbocycles. The van der Waals surface area contributed by atoms with Crippen LogP contribution in [0, 0.1) is 0 Å². The highest BCUT2D eigenvalue weighted by Gasteiger charge is 2.19. The summed E-state index contributed by atoms with van der Waals surface area (Å²) in [4.78, 5) is 38.3. The van der Waals surface area contributed by atoms with E-state index in [0.717, 1.165) is 89.9 Å². The molecular weight excluding hydrogens is 949 g/mol. The minimum Gasteiger partial charge on any atom is -0.462 e. The summed E-state index contributed by atoms with van der Waals surface area (Å²) in [5.41, 5.74) is 0. The Kier molecular flexibility index (Phi) is 63.2. The maximum atomic E-state index is 12.9. The predicted octanol–water partition coefficient (Wildman–Crippen LogP) is 23.1. The van der Waals surface area contributed by atoms with E-state index >= 15 is 0 Å². The van der Waals surface area contributed by atoms with Crippen molar-refractivity contribution in [1.82, 2.24) is 0 Å². The quantitative estimate of drug-likeness (QED) is 0.0261. The first-order valence-electron chi connectivity index (χ1n) is 33.8. The van der Waals surface area contributed by atoms with Crippen LogP contribution in [0.5, 0.6) is 0 Å². The van der Waals surface area contributed by atoms with Gasteiger partial charge in [0, 0.05) is 19.3 Å². The fourth-order valence-corrected chi connectivity index (χ4v) is 9.96. The number of ether oxygens (including phenoxy) is 3. The van der Waals surface area contributed by atoms with Crippen molar-refractivity contribution >= 4 is 17.9 Å². The number of carbonyl (C=O) groups is 3. The third-order valence-electron chi connectivity index (χ3n) is 15.0. The molecule has 0 spiro atoms. The lowest BCUT2D eigenvalue weighted by molar-refractivity contribution is -0.167. The van der Waals surface area contributed by atoms with Gasteiger partial charge in [0.25, 0.3) is 0 Å². The summed E-state index contributed by atoms with van der Waals surface area (Å²) in [6.07, 6.45) is 84.0. The monoisotopic (exact) mass is 1080 g/mol. The SMILES string of the molecule is CC/C=C\C/C=C\C/C=C\CCCCCC(=O)OCC(COC(=O)CCCCCCCCCCCCCCCCCCCCCCCCCCCCC)OC(=O)CCCCCCCCCCC/C=C\C/C=C\CCCCC. The minimum atomic E-state index is -0.788. The third-order valence-corrected chi connectivity index (χ3v) is 15.0. The number of hydrogen-bond acceptors (Lipinski definition) is 6. The molecule has 0 aliphatic rings. The molecule has 1 atom stereocenters. The van der Waals surface area contributed by atoms with Gasteiger partial charge in [-0.15, -0.1) is 0 Å². The molecule has 6 heteroatoms. The van der Waals surface area contributed by atoms with Gasteiger partial charge < -0.3 is 14.2 Å². The van der Waals surface area contributed by atoms with Crippen LogP contribution in [-0.2, 0) is 28.6 Å². The molecular formula is C71H128O6. The van der Waals surface area contributed by atoms with Gasteiger partial charge in [-0.1, -0.05) is 313 Å². The molecule has 0 aromatic carbocycles. The fourth-order valence-electron chi connectivity index (χ4n) is 9.96. The second-order valence-corrected chi connectivity index (χ2v) is 22.7. The van der Waals surface area contributed by atoms with Gasteiger partial charge in [0.2, 0.25) is 0 Å². The standard InChI is InChI=1S/C71H128O6/c1-4-7-10-13-16-19-22-25-27-29-31-32-33-34-35-36-37-38-40-41-43-46-49-52-55-58-61-64-70(73)76-67-68(66-75-69(72)63-60-57-54-51-48-45-24-21-18-15-12-9-6-3)77-71(74)65-62-59-56-53-50-47-44-42-39-30-28-26-23-20-17-14-11-8-5-2/h9,12,17-18,20-21,26,28,45,48,68H,4-8,10-11,13-16,19,22-25,27,29-44,46-47,49-67H2,1-3H3/b12-9-,20-17-,21-18-,28-26-,48-45-. The maximum Gasteiger partial charge on any atom is 0.306 e. The van der Waals surface area contributed by atoms with Gasteiger partial charge in [-0.25, -0.2) is 0 Å². The molecule has 0 saturated heterocycles. The van der Waals surface area contributed by atoms with Crippen molar-refractivity contribution in [3.63, 3.8) is 0 Å². The molecule has 0 amide bonds. The zero-order valence-electron chi connectivity index (χ0n) is 51.5. The Hall–Kier alpha value is -2.89. The largest absolute Gasteiger partial charge is 0.462 e. The van der Waals surface area contributed by atoms with Crippen LogP contribution in [0.3, 0.4) is 0 Å². The van der Waals surface area contributed by atoms with Crippen LogP contribution in [0.15, 0.2) is 60.8 Å². The van der Waals surface area contributed by atoms with Gasteiger partial charge in [-0.3, -0.25) is 14.4 Å². The van der Waals surface area contributed by atoms with Gasteiger partial charge >= 0.3 is 17.9 Å². The van der Waals surface area contributed by atoms with Gasteiger partial charge in [-0.2, -0.15) is 0 Å². The average molecular weight is 1080 g/mol. The second kappa shape index (κ2) is 65.6. The van der Waals surface area contributed by atoms with Crippen molar-refractivity contribution in [2.24, 2.45) is 0 Å². The summed E-state index contributed by atoms with van der Waals surface area (Å²) < 4.78 is 16.9. The van der Waals surface area contributed by atoms with Gasteiger partial charge in [0.1, 0.15) is 13.2 Å². The van der Waals surface area contributed by atoms with Crippen LogP contribution in [0.4, 0.5) is 0 Å². The molecule has 1 unspecified atom stereocenters. The number of allylic oxidation sites excluding steroid dienone is 10. The lowest BCUT2D eigenvalue weighted by atomic mass is 10.0. The second-order valence-electron chi connectivity index (χ2n) is 22.7. The Morgan fingerprint density at radius 2 is 0.506 bits per heavy atom. The zero-order valence-corrected chi connectivity index (χ0v) is 51.5. The first-order valence-corrected chi connectivity index (χ1v) is 33.8. The molecule has 0 aromatic heterocycles. The Bertz CT molecular complexity index is 1380. The number of unbranched alkanes of at least 4 members (excludes halogenated alkanes) is 41. The average Bonchev–Trinajstić information content (AvgIpc) is 3.43. The van der Waals surface area contributed by atoms with Crippen molar-refractivity contribution in [2.75, 3.05) is 13.2 Å². The molecule has 0 radical (unpaired) electrons. The highest BCUT2D eigenvalue weighted by Crippen LogP contribution is 2.18. The van der Waals surface area contributed by atoms with Crippen LogP contribution in [0.25, 0.3) is 0 Å². The Morgan fingerprint density at radius 1 is 0.273 bits per heavy atom. The Morgan fingerprint density at radius 3 is 0.831 bits per heavy atom. The molecule has 77 heavy (non-hydrogen) atoms. The fraction of sp³-hybridized carbons (Fsp3) is 0.817. The van der Waals surface area contributed by atoms with Crippen LogP contribution in [0.2, 0.25) is 0 Å². The maximum absolute atomic E-state index is 12.9. The summed E-state index contributed by atoms with van der Waals surface area (Å²) in [6, 6.07) is 0. The van der Waals surface area contributed by atoms with Crippen molar-refractivity contribution < 1.29 is 28.6 Å². The lowest BCUT2D eigenvalue weighted by Crippen LogP contribution is -2.30. The first kappa shape index (κ1) is 74.1. The molecule has 0 heterocycles. The summed E-state index contributed by atoms with van der Waals surface area (Å²) in [6.45, 7) is 6.53. The van der Waals surface area contributed by atoms with E-state index in [0.29, 0.717) is 19.3 Å². The third kappa shape index (κ3) is 63.8. The minimum absolute atomic E-state index is 0.0822. The summed E-state index contributed by atoms with van der Waals surface area (Å²) >= 11 is 0. The van der Waals surface area contributed by atoms with Crippen LogP contribution in [0.1, 0.15) is 355 Å². The molecule has 6 nitrogen and oxygen atoms in total. The Balaban J connectivity index is 4.23. The van der Waals surface area contributed by atoms with E-state index in [4.69, 9.17) is 14.2 Å². The van der Waals surface area contributed by atoms with E-state index < -0.39 is 6.10 Å². The predicted molar refractivity (Wildman–Crippen MR) is 335 cm³/mol. The highest BCUT2D eigenvalue weighted by atomic mass is 16.6. The van der Waals surface area contributed by atoms with E-state index in [2.05, 4.69) is 81.5 Å². The van der Waals surface area contributed by atoms with E-state index in [-0.39, 0.29) is 31.1 Å². The number of carbonyl (C=O) groups excluding carboxylic acids is 3. The molecule has 0 bridgehead atoms. The molecule has 0 aromatic rings. The van der Waals surface area contributed by atoms with E-state index in [1.54, 1.807) is 0 Å². The first-order chi connectivity index (χ1) is 38.0. The zero-order chi connectivity index (χ0) is 55.7. The molecule has 0 N–H and O–H groups in total. The number of hydrogen-bond donors (Lipinski definition) is 0. The van der Waals surface area contributed by atoms with E-state index in [9.17, 15) is 14.4 Å². The van der Waals surface area contributed by atoms with E-state index in [1.807, 2.05) is 0 Å². The van der Waals surface area contributed by atoms with Crippen molar-refractivity contribution in [1.29, 1.82) is 0 Å². The van der Waals surface area contributed by atoms with Crippen molar-refractivity contribution in [3.05, 3.63) is 60.8 Å². The lowest BCUT2D eigenvalue weighted by Gasteiger charge is -2.18. The highest BCUT2D eigenvalue weighted by molar-refractivity contribution is 5.71. The van der Waals surface area contributed by atoms with Crippen LogP contribution in [-0.4, -0.2) is 37.2 Å². The molecule has 0 aliphatic heterocycles. The molecule has 0 rings (SSSR count). The number of rotatable bonds is 62. The molecule has 448 valence electrons. The van der Waals surface area contributed by atoms with Crippen LogP contribution < -0.4 is 0 Å². The van der Waals surface area contributed by atoms with Crippen molar-refractivity contribution in [2.45, 2.75) is 361 Å². The summed E-state index contributed by atoms with van der Waals surface area (Å²) in [7, 11) is 0. The topological polar surface area (TPSA) is 78.9 Å².